The van der Waals surface area contributed by atoms with E-state index in [4.69, 9.17) is 11.5 Å². The van der Waals surface area contributed by atoms with Crippen LogP contribution in [0.1, 0.15) is 145 Å². The molecule has 3 fully saturated rings. The van der Waals surface area contributed by atoms with E-state index in [1.807, 2.05) is 10.6 Å². The molecule has 17 N–H and O–H groups in total. The lowest BCUT2D eigenvalue weighted by atomic mass is 9.96. The van der Waals surface area contributed by atoms with Crippen molar-refractivity contribution < 1.29 is 92.0 Å². The van der Waals surface area contributed by atoms with Gasteiger partial charge in [0.2, 0.25) is 76.8 Å². The summed E-state index contributed by atoms with van der Waals surface area (Å²) in [5, 5.41) is 52.5. The number of piperidine rings is 1. The molecule has 0 aromatic rings. The van der Waals surface area contributed by atoms with Gasteiger partial charge >= 0.3 is 17.9 Å². The maximum Gasteiger partial charge on any atom is 0.308 e. The molecule has 13 amide bonds. The number of carboxylic acids is 3. The van der Waals surface area contributed by atoms with Gasteiger partial charge in [0.1, 0.15) is 54.4 Å². The van der Waals surface area contributed by atoms with Crippen LogP contribution < -0.4 is 64.6 Å². The highest BCUT2D eigenvalue weighted by molar-refractivity contribution is 6.01. The number of nitrogens with one attached hydrogen (secondary N) is 10. The maximum atomic E-state index is 15.2. The first-order valence-corrected chi connectivity index (χ1v) is 30.7. The molecule has 33 nitrogen and oxygen atoms in total. The summed E-state index contributed by atoms with van der Waals surface area (Å²) >= 11 is 0. The Kier molecular flexibility index (Phi) is 31.4. The van der Waals surface area contributed by atoms with Gasteiger partial charge in [0.05, 0.1) is 44.3 Å². The smallest absolute Gasteiger partial charge is 0.308 e. The second-order valence-corrected chi connectivity index (χ2v) is 23.7. The number of rotatable bonds is 22. The average molecular weight is 1290 g/mol. The second kappa shape index (κ2) is 37.4. The maximum absolute atomic E-state index is 15.2. The van der Waals surface area contributed by atoms with Crippen LogP contribution >= 0.6 is 0 Å². The lowest BCUT2D eigenvalue weighted by Gasteiger charge is -2.39. The highest BCUT2D eigenvalue weighted by atomic mass is 16.4. The number of primary amides is 1. The zero-order chi connectivity index (χ0) is 68.4. The molecular weight excluding hydrogens is 1200 g/mol. The summed E-state index contributed by atoms with van der Waals surface area (Å²) in [4.78, 5) is 219. The Morgan fingerprint density at radius 3 is 1.73 bits per heavy atom. The van der Waals surface area contributed by atoms with Crippen LogP contribution in [-0.2, 0) is 76.7 Å². The van der Waals surface area contributed by atoms with Gasteiger partial charge in [-0.1, -0.05) is 65.5 Å². The van der Waals surface area contributed by atoms with Crippen molar-refractivity contribution in [3.63, 3.8) is 0 Å². The quantitative estimate of drug-likeness (QED) is 0.0363. The van der Waals surface area contributed by atoms with Crippen LogP contribution in [0.15, 0.2) is 12.2 Å². The number of fused-ring (bicyclic) bond motifs is 2. The van der Waals surface area contributed by atoms with E-state index in [1.54, 1.807) is 26.0 Å². The van der Waals surface area contributed by atoms with Crippen LogP contribution in [0.3, 0.4) is 0 Å². The number of allylic oxidation sites excluding steroid dienone is 1. The minimum Gasteiger partial charge on any atom is -0.481 e. The molecule has 4 unspecified atom stereocenters. The predicted molar refractivity (Wildman–Crippen MR) is 321 cm³/mol. The summed E-state index contributed by atoms with van der Waals surface area (Å²) < 4.78 is 0. The molecule has 13 atom stereocenters. The van der Waals surface area contributed by atoms with Gasteiger partial charge in [-0.05, 0) is 77.6 Å². The molecule has 508 valence electrons. The number of hydrogen-bond acceptors (Lipinski definition) is 17. The molecule has 0 bridgehead atoms. The Labute approximate surface area is 526 Å². The SMILES string of the molecule is CCC(C)CCCCC/C=C\CC(=O)N[C@@H](CC(N)=O)C(=O)NC1C(=O)N2CCCC[C@@H]2C(=O)N[C@@H]([C@H](C)C(=O)O)C(=O)N[C@@H](CC(=O)O)C(=O)NCC(=O)NC(CC(=O)O)C(=O)NCC(=O)NC([C@@H](C)N)C(=O)N[C@H](C(C)C)C(=O)N2CCC[C@H]2C(=O)N[C@@H]1C. The van der Waals surface area contributed by atoms with Gasteiger partial charge < -0.3 is 89.8 Å². The number of carbonyl (C=O) groups excluding carboxylic acids is 13. The first-order chi connectivity index (χ1) is 42.8. The summed E-state index contributed by atoms with van der Waals surface area (Å²) in [5.41, 5.74) is 11.7. The Bertz CT molecular complexity index is 2710. The molecule has 0 aromatic carbocycles. The van der Waals surface area contributed by atoms with Crippen LogP contribution in [0, 0.1) is 17.8 Å². The van der Waals surface area contributed by atoms with E-state index in [9.17, 15) is 87.2 Å². The van der Waals surface area contributed by atoms with Crippen LogP contribution in [0.25, 0.3) is 0 Å². The molecule has 3 heterocycles. The lowest BCUT2D eigenvalue weighted by molar-refractivity contribution is -0.149. The van der Waals surface area contributed by atoms with Crippen molar-refractivity contribution >= 4 is 94.7 Å². The van der Waals surface area contributed by atoms with E-state index < -0.39 is 205 Å². The normalized spacial score (nSPS) is 25.6. The molecule has 3 aliphatic heterocycles. The van der Waals surface area contributed by atoms with Crippen LogP contribution in [0.2, 0.25) is 0 Å². The van der Waals surface area contributed by atoms with E-state index in [-0.39, 0.29) is 51.6 Å². The lowest BCUT2D eigenvalue weighted by Crippen LogP contribution is -2.66. The third-order valence-electron chi connectivity index (χ3n) is 15.9. The summed E-state index contributed by atoms with van der Waals surface area (Å²) in [6.07, 6.45) is 6.44. The molecular formula is C58H92N14O19. The van der Waals surface area contributed by atoms with Crippen molar-refractivity contribution in [1.82, 2.24) is 63.0 Å². The first-order valence-electron chi connectivity index (χ1n) is 30.7. The van der Waals surface area contributed by atoms with E-state index in [0.717, 1.165) is 43.9 Å². The predicted octanol–water partition coefficient (Wildman–Crippen LogP) is -4.01. The number of amides is 13. The topological polar surface area (TPSA) is 513 Å². The van der Waals surface area contributed by atoms with Crippen molar-refractivity contribution in [3.8, 4) is 0 Å². The van der Waals surface area contributed by atoms with Crippen LogP contribution in [-0.4, -0.2) is 212 Å². The Morgan fingerprint density at radius 1 is 0.626 bits per heavy atom. The molecule has 33 heteroatoms. The average Bonchev–Trinajstić information content (AvgIpc) is 1.82. The zero-order valence-corrected chi connectivity index (χ0v) is 52.6. The van der Waals surface area contributed by atoms with Gasteiger partial charge in [-0.25, -0.2) is 0 Å². The molecule has 0 spiro atoms. The van der Waals surface area contributed by atoms with E-state index in [1.165, 1.54) is 18.7 Å². The Morgan fingerprint density at radius 2 is 1.16 bits per heavy atom. The number of unbranched alkanes of at least 4 members (excludes halogenated alkanes) is 3. The number of aliphatic carboxylic acids is 3. The van der Waals surface area contributed by atoms with Gasteiger partial charge in [0.25, 0.3) is 0 Å². The summed E-state index contributed by atoms with van der Waals surface area (Å²) in [6.45, 7) is 8.77. The Balaban J connectivity index is 2.17. The summed E-state index contributed by atoms with van der Waals surface area (Å²) in [6, 6.07) is -18.3. The van der Waals surface area contributed by atoms with E-state index >= 15 is 4.79 Å². The largest absolute Gasteiger partial charge is 0.481 e. The fourth-order valence-corrected chi connectivity index (χ4v) is 10.4. The van der Waals surface area contributed by atoms with Crippen molar-refractivity contribution in [2.24, 2.45) is 29.2 Å². The third kappa shape index (κ3) is 24.8. The minimum absolute atomic E-state index is 0.0286. The third-order valence-corrected chi connectivity index (χ3v) is 15.9. The van der Waals surface area contributed by atoms with Gasteiger partial charge in [0, 0.05) is 25.6 Å². The van der Waals surface area contributed by atoms with Crippen molar-refractivity contribution in [3.05, 3.63) is 12.2 Å². The molecule has 3 aliphatic rings. The van der Waals surface area contributed by atoms with Crippen molar-refractivity contribution in [2.75, 3.05) is 26.2 Å². The van der Waals surface area contributed by atoms with Crippen molar-refractivity contribution in [2.45, 2.75) is 211 Å². The highest BCUT2D eigenvalue weighted by Gasteiger charge is 2.45. The van der Waals surface area contributed by atoms with Gasteiger partial charge in [-0.15, -0.1) is 0 Å². The number of hydrogen-bond donors (Lipinski definition) is 15. The minimum atomic E-state index is -2.13. The van der Waals surface area contributed by atoms with E-state index in [0.29, 0.717) is 12.3 Å². The summed E-state index contributed by atoms with van der Waals surface area (Å²) in [7, 11) is 0. The van der Waals surface area contributed by atoms with Gasteiger partial charge in [-0.3, -0.25) is 76.7 Å². The Hall–Kier alpha value is -8.78. The number of nitrogens with two attached hydrogens (primary N) is 2. The first kappa shape index (κ1) is 76.5. The van der Waals surface area contributed by atoms with Crippen LogP contribution in [0.4, 0.5) is 0 Å². The van der Waals surface area contributed by atoms with Gasteiger partial charge in [-0.2, -0.15) is 0 Å². The van der Waals surface area contributed by atoms with Gasteiger partial charge in [0.15, 0.2) is 0 Å². The monoisotopic (exact) mass is 1290 g/mol. The van der Waals surface area contributed by atoms with E-state index in [2.05, 4.69) is 56.4 Å². The molecule has 91 heavy (non-hydrogen) atoms. The fraction of sp³-hybridized carbons (Fsp3) is 0.690. The zero-order valence-electron chi connectivity index (χ0n) is 52.6. The summed E-state index contributed by atoms with van der Waals surface area (Å²) in [5.74, 6) is -21.1. The molecule has 3 rings (SSSR count). The molecule has 0 radical (unpaired) electrons. The molecule has 0 aromatic heterocycles. The molecule has 3 saturated heterocycles. The number of carboxylic acid groups (broad SMARTS) is 3. The number of carbonyl (C=O) groups is 16. The molecule has 0 saturated carbocycles. The van der Waals surface area contributed by atoms with Crippen molar-refractivity contribution in [1.29, 1.82) is 0 Å². The number of nitrogens with zero attached hydrogens (tertiary/aromatic N) is 2. The molecule has 0 aliphatic carbocycles. The highest BCUT2D eigenvalue weighted by Crippen LogP contribution is 2.24. The van der Waals surface area contributed by atoms with Crippen LogP contribution in [0.5, 0.6) is 0 Å². The second-order valence-electron chi connectivity index (χ2n) is 23.7. The standard InChI is InChI=1S/C58H92N14O19/c1-8-30(4)18-13-11-9-10-12-14-21-40(74)64-34(24-39(60)73)51(83)70-48-33(7)63-52(84)38-20-17-23-72(38)56(88)45(29(2)3)68-55(87)47(32(6)59)67-42(76)28-62-49(81)35(25-43(77)78)65-41(75)27-61-50(82)36(26-44(79)80)66-54(86)46(31(5)58(90)91)69-53(85)37-19-15-16-22-71(37)57(48)89/h12,14,29-38,45-48H,8-11,13,15-28,59H2,1-7H3,(H2,60,73)(H,61,82)(H,62,81)(H,63,84)(H,64,74)(H,65,75)(H,66,86)(H,67,76)(H,68,87)(H,69,85)(H,70,83)(H,77,78)(H,79,80)(H,90,91)/b14-12-/t30?,31-,32+,33+,34-,35?,36-,37+,38-,45+,46-,47?,48?/m0/s1. The fourth-order valence-electron chi connectivity index (χ4n) is 10.4.